The summed E-state index contributed by atoms with van der Waals surface area (Å²) in [7, 11) is 0. The number of primary amides is 2. The molecule has 0 unspecified atom stereocenters. The maximum atomic E-state index is 11.5. The highest BCUT2D eigenvalue weighted by molar-refractivity contribution is 7.21. The lowest BCUT2D eigenvalue weighted by Gasteiger charge is -2.42. The van der Waals surface area contributed by atoms with Crippen LogP contribution in [0.15, 0.2) is 24.8 Å². The minimum absolute atomic E-state index is 0.0969. The molecule has 0 saturated carbocycles. The molecule has 3 aliphatic heterocycles. The highest BCUT2D eigenvalue weighted by atomic mass is 32.1. The number of carbonyl (C=O) groups is 2. The van der Waals surface area contributed by atoms with Crippen molar-refractivity contribution in [1.82, 2.24) is 19.9 Å². The third-order valence-electron chi connectivity index (χ3n) is 10.1. The number of anilines is 2. The molecule has 0 atom stereocenters. The monoisotopic (exact) mass is 709 g/mol. The number of aromatic nitrogens is 4. The molecule has 3 fully saturated rings. The Balaban J connectivity index is 0.000000174. The molecule has 7 heterocycles. The van der Waals surface area contributed by atoms with Crippen LogP contribution in [0.4, 0.5) is 11.6 Å². The second-order valence-electron chi connectivity index (χ2n) is 13.6. The van der Waals surface area contributed by atoms with Crippen LogP contribution < -0.4 is 27.0 Å². The van der Waals surface area contributed by atoms with Crippen molar-refractivity contribution in [3.63, 3.8) is 0 Å². The van der Waals surface area contributed by atoms with E-state index in [9.17, 15) is 9.59 Å². The first-order valence-electron chi connectivity index (χ1n) is 17.2. The van der Waals surface area contributed by atoms with Crippen molar-refractivity contribution >= 4 is 66.6 Å². The number of piperidine rings is 2. The lowest BCUT2D eigenvalue weighted by Crippen LogP contribution is -2.46. The molecule has 15 heteroatoms. The Morgan fingerprint density at radius 1 is 0.837 bits per heavy atom. The highest BCUT2D eigenvalue weighted by Crippen LogP contribution is 2.37. The van der Waals surface area contributed by atoms with Crippen molar-refractivity contribution in [2.45, 2.75) is 65.1 Å². The largest absolute Gasteiger partial charge is 0.365 e. The van der Waals surface area contributed by atoms with Crippen LogP contribution in [-0.4, -0.2) is 84.0 Å². The second-order valence-corrected chi connectivity index (χ2v) is 15.7. The second kappa shape index (κ2) is 15.6. The van der Waals surface area contributed by atoms with Crippen molar-refractivity contribution in [1.29, 1.82) is 0 Å². The van der Waals surface area contributed by atoms with Gasteiger partial charge in [0.2, 0.25) is 0 Å². The Bertz CT molecular complexity index is 1740. The SMILES string of the molecule is CCC1(C)COC(C2CCN(c3ncnc4cc(C(N)=O)sc34)CC2)OC1.NCCCC1CCN(c2ncnc3cc(C(N)=O)sc23)CC1. The van der Waals surface area contributed by atoms with E-state index >= 15 is 0 Å². The van der Waals surface area contributed by atoms with Crippen LogP contribution in [0.5, 0.6) is 0 Å². The van der Waals surface area contributed by atoms with E-state index in [-0.39, 0.29) is 11.7 Å². The van der Waals surface area contributed by atoms with Crippen molar-refractivity contribution in [2.75, 3.05) is 55.7 Å². The third-order valence-corrected chi connectivity index (χ3v) is 12.3. The van der Waals surface area contributed by atoms with Gasteiger partial charge in [-0.05, 0) is 69.5 Å². The standard InChI is InChI=1S/C19H26N4O3S.C15H21N5OS/c1-3-19(2)9-25-18(26-10-19)12-4-6-23(7-5-12)17-15-13(21-11-22-17)8-14(27-15)16(20)24;16-5-1-2-10-3-6-20(7-4-10)15-13-11(18-9-19-15)8-12(22-13)14(17)21/h8,11-12,18H,3-7,9-10H2,1-2H3,(H2,20,24);8-10H,1-7,16H2,(H2,17,21). The van der Waals surface area contributed by atoms with Gasteiger partial charge >= 0.3 is 0 Å². The number of amides is 2. The Morgan fingerprint density at radius 2 is 1.33 bits per heavy atom. The third kappa shape index (κ3) is 8.12. The summed E-state index contributed by atoms with van der Waals surface area (Å²) in [5.41, 5.74) is 18.1. The highest BCUT2D eigenvalue weighted by Gasteiger charge is 2.36. The van der Waals surface area contributed by atoms with Crippen LogP contribution in [0, 0.1) is 17.3 Å². The van der Waals surface area contributed by atoms with Crippen molar-refractivity contribution in [3.8, 4) is 0 Å². The van der Waals surface area contributed by atoms with E-state index in [0.717, 1.165) is 110 Å². The minimum Gasteiger partial charge on any atom is -0.365 e. The van der Waals surface area contributed by atoms with Crippen molar-refractivity contribution in [2.24, 2.45) is 34.5 Å². The van der Waals surface area contributed by atoms with Crippen molar-refractivity contribution < 1.29 is 19.1 Å². The van der Waals surface area contributed by atoms with E-state index in [1.54, 1.807) is 24.8 Å². The fourth-order valence-corrected chi connectivity index (χ4v) is 8.69. The number of rotatable bonds is 9. The lowest BCUT2D eigenvalue weighted by molar-refractivity contribution is -0.249. The summed E-state index contributed by atoms with van der Waals surface area (Å²) < 4.78 is 14.0. The molecule has 3 saturated heterocycles. The maximum absolute atomic E-state index is 11.5. The van der Waals surface area contributed by atoms with Gasteiger partial charge in [-0.25, -0.2) is 19.9 Å². The van der Waals surface area contributed by atoms with Gasteiger partial charge in [0.15, 0.2) is 6.29 Å². The molecule has 6 N–H and O–H groups in total. The fourth-order valence-electron chi connectivity index (χ4n) is 6.73. The van der Waals surface area contributed by atoms with E-state index in [4.69, 9.17) is 26.7 Å². The van der Waals surface area contributed by atoms with Gasteiger partial charge in [-0.3, -0.25) is 9.59 Å². The van der Waals surface area contributed by atoms with Gasteiger partial charge in [0.05, 0.1) is 43.4 Å². The molecule has 3 aliphatic rings. The number of nitrogens with two attached hydrogens (primary N) is 3. The minimum atomic E-state index is -0.423. The Hall–Kier alpha value is -3.50. The van der Waals surface area contributed by atoms with Gasteiger partial charge in [0, 0.05) is 37.5 Å². The summed E-state index contributed by atoms with van der Waals surface area (Å²) in [4.78, 5) is 45.9. The molecule has 4 aromatic heterocycles. The fraction of sp³-hybridized carbons (Fsp3) is 0.588. The van der Waals surface area contributed by atoms with Crippen LogP contribution in [0.3, 0.4) is 0 Å². The van der Waals surface area contributed by atoms with E-state index < -0.39 is 11.8 Å². The average Bonchev–Trinajstić information content (AvgIpc) is 3.78. The maximum Gasteiger partial charge on any atom is 0.258 e. The summed E-state index contributed by atoms with van der Waals surface area (Å²) in [6.07, 6.45) is 10.7. The quantitative estimate of drug-likeness (QED) is 0.221. The van der Waals surface area contributed by atoms with Gasteiger partial charge in [0.1, 0.15) is 24.3 Å². The molecule has 2 amide bonds. The molecule has 0 aromatic carbocycles. The van der Waals surface area contributed by atoms with Gasteiger partial charge in [-0.15, -0.1) is 22.7 Å². The summed E-state index contributed by atoms with van der Waals surface area (Å²) >= 11 is 2.75. The normalized spacial score (nSPS) is 22.3. The zero-order valence-corrected chi connectivity index (χ0v) is 29.9. The number of ether oxygens (including phenoxy) is 2. The van der Waals surface area contributed by atoms with Crippen LogP contribution >= 0.6 is 22.7 Å². The summed E-state index contributed by atoms with van der Waals surface area (Å²) in [6.45, 7) is 10.5. The molecule has 4 aromatic rings. The van der Waals surface area contributed by atoms with Crippen LogP contribution in [-0.2, 0) is 9.47 Å². The first-order chi connectivity index (χ1) is 23.7. The number of hydrogen-bond donors (Lipinski definition) is 3. The number of fused-ring (bicyclic) bond motifs is 2. The molecule has 7 rings (SSSR count). The topological polar surface area (TPSA) is 189 Å². The summed E-state index contributed by atoms with van der Waals surface area (Å²) in [5, 5.41) is 0. The zero-order valence-electron chi connectivity index (χ0n) is 28.3. The van der Waals surface area contributed by atoms with Gasteiger partial charge in [-0.1, -0.05) is 13.8 Å². The smallest absolute Gasteiger partial charge is 0.258 e. The molecular formula is C34H47N9O4S2. The van der Waals surface area contributed by atoms with Crippen LogP contribution in [0.2, 0.25) is 0 Å². The average molecular weight is 710 g/mol. The molecule has 264 valence electrons. The molecule has 0 bridgehead atoms. The van der Waals surface area contributed by atoms with E-state index in [0.29, 0.717) is 15.7 Å². The van der Waals surface area contributed by atoms with E-state index in [1.807, 2.05) is 0 Å². The first kappa shape index (κ1) is 35.3. The summed E-state index contributed by atoms with van der Waals surface area (Å²) in [5.74, 6) is 2.16. The number of nitrogens with zero attached hydrogens (tertiary/aromatic N) is 6. The van der Waals surface area contributed by atoms with E-state index in [1.165, 1.54) is 41.9 Å². The molecule has 13 nitrogen and oxygen atoms in total. The lowest BCUT2D eigenvalue weighted by atomic mass is 9.88. The number of carbonyl (C=O) groups excluding carboxylic acids is 2. The Kier molecular flexibility index (Phi) is 11.2. The number of thiophene rings is 2. The molecule has 0 spiro atoms. The molecule has 0 radical (unpaired) electrons. The number of hydrogen-bond acceptors (Lipinski definition) is 13. The Morgan fingerprint density at radius 3 is 1.78 bits per heavy atom. The van der Waals surface area contributed by atoms with Crippen LogP contribution in [0.25, 0.3) is 20.4 Å². The summed E-state index contributed by atoms with van der Waals surface area (Å²) in [6, 6.07) is 3.50. The molecule has 49 heavy (non-hydrogen) atoms. The Labute approximate surface area is 294 Å². The molecule has 0 aliphatic carbocycles. The zero-order chi connectivity index (χ0) is 34.5. The van der Waals surface area contributed by atoms with Gasteiger partial charge < -0.3 is 36.5 Å². The molecular weight excluding hydrogens is 663 g/mol. The van der Waals surface area contributed by atoms with Gasteiger partial charge in [0.25, 0.3) is 11.8 Å². The first-order valence-corrected chi connectivity index (χ1v) is 18.8. The van der Waals surface area contributed by atoms with Gasteiger partial charge in [-0.2, -0.15) is 0 Å². The predicted octanol–water partition coefficient (Wildman–Crippen LogP) is 4.54. The van der Waals surface area contributed by atoms with Crippen molar-refractivity contribution in [3.05, 3.63) is 34.5 Å². The van der Waals surface area contributed by atoms with Crippen LogP contribution in [0.1, 0.15) is 78.1 Å². The van der Waals surface area contributed by atoms with E-state index in [2.05, 4.69) is 43.6 Å². The predicted molar refractivity (Wildman–Crippen MR) is 194 cm³/mol.